The highest BCUT2D eigenvalue weighted by molar-refractivity contribution is 5.75. The number of carbonyl (C=O) groups is 1. The smallest absolute Gasteiger partial charge is 0.231 e. The van der Waals surface area contributed by atoms with E-state index in [2.05, 4.69) is 22.9 Å². The molecule has 6 nitrogen and oxygen atoms in total. The van der Waals surface area contributed by atoms with E-state index >= 15 is 0 Å². The van der Waals surface area contributed by atoms with Crippen LogP contribution in [0.25, 0.3) is 5.82 Å². The van der Waals surface area contributed by atoms with Gasteiger partial charge in [-0.3, -0.25) is 14.3 Å². The molecule has 3 heterocycles. The third kappa shape index (κ3) is 3.59. The van der Waals surface area contributed by atoms with Gasteiger partial charge in [0.1, 0.15) is 11.6 Å². The van der Waals surface area contributed by atoms with E-state index in [1.165, 1.54) is 0 Å². The molecule has 1 aliphatic heterocycles. The topological polar surface area (TPSA) is 77.0 Å². The number of likely N-dealkylation sites (tertiary alicyclic amines) is 1. The molecule has 1 fully saturated rings. The number of hydrogen-bond donors (Lipinski definition) is 1. The number of amides is 1. The zero-order valence-electron chi connectivity index (χ0n) is 13.5. The Morgan fingerprint density at radius 2 is 2.30 bits per heavy atom. The molecule has 122 valence electrons. The van der Waals surface area contributed by atoms with Crippen LogP contribution in [0.3, 0.4) is 0 Å². The number of rotatable bonds is 5. The Hall–Kier alpha value is -2.21. The average molecular weight is 313 g/mol. The van der Waals surface area contributed by atoms with Crippen molar-refractivity contribution in [2.75, 3.05) is 19.6 Å². The van der Waals surface area contributed by atoms with E-state index in [1.807, 2.05) is 29.1 Å². The molecular formula is C17H23N5O. The van der Waals surface area contributed by atoms with Crippen LogP contribution >= 0.6 is 0 Å². The minimum Gasteiger partial charge on any atom is -0.369 e. The third-order valence-electron chi connectivity index (χ3n) is 4.34. The van der Waals surface area contributed by atoms with Gasteiger partial charge in [-0.05, 0) is 31.5 Å². The predicted molar refractivity (Wildman–Crippen MR) is 88.3 cm³/mol. The van der Waals surface area contributed by atoms with Gasteiger partial charge in [0.2, 0.25) is 5.91 Å². The Labute approximate surface area is 136 Å². The number of nitrogens with two attached hydrogens (primary N) is 1. The average Bonchev–Trinajstić information content (AvgIpc) is 3.03. The second-order valence-corrected chi connectivity index (χ2v) is 6.03. The summed E-state index contributed by atoms with van der Waals surface area (Å²) in [6.07, 6.45) is 6.79. The number of pyridine rings is 1. The number of piperidine rings is 1. The molecule has 2 aromatic heterocycles. The largest absolute Gasteiger partial charge is 0.369 e. The second-order valence-electron chi connectivity index (χ2n) is 6.03. The number of nitrogens with zero attached hydrogens (tertiary/aromatic N) is 4. The molecule has 1 atom stereocenters. The van der Waals surface area contributed by atoms with Gasteiger partial charge in [0.15, 0.2) is 0 Å². The van der Waals surface area contributed by atoms with E-state index in [9.17, 15) is 4.79 Å². The van der Waals surface area contributed by atoms with Crippen LogP contribution in [0.15, 0.2) is 30.6 Å². The molecule has 0 bridgehead atoms. The van der Waals surface area contributed by atoms with Gasteiger partial charge in [0, 0.05) is 37.0 Å². The zero-order valence-corrected chi connectivity index (χ0v) is 13.5. The quantitative estimate of drug-likeness (QED) is 0.907. The number of aromatic nitrogens is 3. The molecule has 1 amide bonds. The van der Waals surface area contributed by atoms with Gasteiger partial charge in [0.25, 0.3) is 0 Å². The van der Waals surface area contributed by atoms with Crippen molar-refractivity contribution in [3.63, 3.8) is 0 Å². The molecule has 2 aromatic rings. The zero-order chi connectivity index (χ0) is 16.2. The van der Waals surface area contributed by atoms with Gasteiger partial charge in [0.05, 0.1) is 6.54 Å². The number of hydrogen-bond acceptors (Lipinski definition) is 4. The minimum atomic E-state index is -0.265. The Morgan fingerprint density at radius 3 is 3.09 bits per heavy atom. The molecule has 0 unspecified atom stereocenters. The summed E-state index contributed by atoms with van der Waals surface area (Å²) in [5.74, 6) is 1.99. The van der Waals surface area contributed by atoms with E-state index < -0.39 is 0 Å². The van der Waals surface area contributed by atoms with Crippen LogP contribution < -0.4 is 5.73 Å². The minimum absolute atomic E-state index is 0.265. The second kappa shape index (κ2) is 6.91. The third-order valence-corrected chi connectivity index (χ3v) is 4.34. The van der Waals surface area contributed by atoms with Crippen molar-refractivity contribution >= 4 is 5.91 Å². The molecular weight excluding hydrogens is 290 g/mol. The fourth-order valence-corrected chi connectivity index (χ4v) is 3.27. The highest BCUT2D eigenvalue weighted by Gasteiger charge is 2.23. The normalized spacial score (nSPS) is 18.9. The maximum atomic E-state index is 11.1. The molecule has 3 rings (SSSR count). The van der Waals surface area contributed by atoms with Crippen LogP contribution in [0.2, 0.25) is 0 Å². The summed E-state index contributed by atoms with van der Waals surface area (Å²) in [5.41, 5.74) is 6.40. The molecule has 2 N–H and O–H groups in total. The van der Waals surface area contributed by atoms with Crippen LogP contribution in [0.4, 0.5) is 0 Å². The number of carbonyl (C=O) groups excluding carboxylic acids is 1. The molecule has 0 radical (unpaired) electrons. The molecule has 1 aliphatic rings. The van der Waals surface area contributed by atoms with Gasteiger partial charge in [-0.1, -0.05) is 13.0 Å². The highest BCUT2D eigenvalue weighted by atomic mass is 16.1. The Morgan fingerprint density at radius 1 is 1.43 bits per heavy atom. The highest BCUT2D eigenvalue weighted by Crippen LogP contribution is 2.26. The lowest BCUT2D eigenvalue weighted by Crippen LogP contribution is -2.40. The van der Waals surface area contributed by atoms with Crippen molar-refractivity contribution in [3.05, 3.63) is 42.1 Å². The standard InChI is InChI=1S/C17H23N5O/c1-2-16-19-8-10-22(16)17-7-3-6-14(20-17)13-5-4-9-21(11-13)12-15(18)23/h3,6-8,10,13H,2,4-5,9,11-12H2,1H3,(H2,18,23)/t13-/m1/s1. The van der Waals surface area contributed by atoms with Crippen LogP contribution in [0.5, 0.6) is 0 Å². The molecule has 23 heavy (non-hydrogen) atoms. The van der Waals surface area contributed by atoms with Gasteiger partial charge in [-0.2, -0.15) is 0 Å². The summed E-state index contributed by atoms with van der Waals surface area (Å²) >= 11 is 0. The fourth-order valence-electron chi connectivity index (χ4n) is 3.27. The first-order chi connectivity index (χ1) is 11.2. The maximum Gasteiger partial charge on any atom is 0.231 e. The van der Waals surface area contributed by atoms with Gasteiger partial charge < -0.3 is 5.73 Å². The van der Waals surface area contributed by atoms with Crippen molar-refractivity contribution in [2.45, 2.75) is 32.1 Å². The summed E-state index contributed by atoms with van der Waals surface area (Å²) < 4.78 is 2.04. The van der Waals surface area contributed by atoms with E-state index in [0.29, 0.717) is 12.5 Å². The van der Waals surface area contributed by atoms with E-state index in [4.69, 9.17) is 10.7 Å². The first-order valence-electron chi connectivity index (χ1n) is 8.17. The summed E-state index contributed by atoms with van der Waals surface area (Å²) in [6, 6.07) is 6.13. The monoisotopic (exact) mass is 313 g/mol. The lowest BCUT2D eigenvalue weighted by molar-refractivity contribution is -0.119. The van der Waals surface area contributed by atoms with Crippen LogP contribution in [0.1, 0.15) is 37.2 Å². The molecule has 0 spiro atoms. The van der Waals surface area contributed by atoms with Crippen LogP contribution in [-0.4, -0.2) is 45.0 Å². The molecule has 0 aliphatic carbocycles. The first-order valence-corrected chi connectivity index (χ1v) is 8.17. The van der Waals surface area contributed by atoms with Gasteiger partial charge in [-0.15, -0.1) is 0 Å². The van der Waals surface area contributed by atoms with Crippen molar-refractivity contribution in [1.82, 2.24) is 19.4 Å². The summed E-state index contributed by atoms with van der Waals surface area (Å²) in [6.45, 7) is 4.19. The van der Waals surface area contributed by atoms with Gasteiger partial charge >= 0.3 is 0 Å². The Bertz CT molecular complexity index is 681. The van der Waals surface area contributed by atoms with Gasteiger partial charge in [-0.25, -0.2) is 9.97 Å². The predicted octanol–water partition coefficient (Wildman–Crippen LogP) is 1.49. The molecule has 0 saturated carbocycles. The molecule has 0 aromatic carbocycles. The van der Waals surface area contributed by atoms with E-state index in [0.717, 1.165) is 49.7 Å². The number of aryl methyl sites for hydroxylation is 1. The van der Waals surface area contributed by atoms with Crippen LogP contribution in [0, 0.1) is 0 Å². The lowest BCUT2D eigenvalue weighted by Gasteiger charge is -2.31. The van der Waals surface area contributed by atoms with Crippen molar-refractivity contribution < 1.29 is 4.79 Å². The Balaban J connectivity index is 1.81. The van der Waals surface area contributed by atoms with Crippen molar-refractivity contribution in [2.24, 2.45) is 5.73 Å². The molecule has 1 saturated heterocycles. The van der Waals surface area contributed by atoms with E-state index in [1.54, 1.807) is 0 Å². The molecule has 6 heteroatoms. The number of primary amides is 1. The Kier molecular flexibility index (Phi) is 4.71. The summed E-state index contributed by atoms with van der Waals surface area (Å²) in [4.78, 5) is 22.5. The summed E-state index contributed by atoms with van der Waals surface area (Å²) in [7, 11) is 0. The summed E-state index contributed by atoms with van der Waals surface area (Å²) in [5, 5.41) is 0. The lowest BCUT2D eigenvalue weighted by atomic mass is 9.94. The SMILES string of the molecule is CCc1nccn1-c1cccc([C@@H]2CCCN(CC(N)=O)C2)n1. The number of imidazole rings is 1. The van der Waals surface area contributed by atoms with E-state index in [-0.39, 0.29) is 5.91 Å². The van der Waals surface area contributed by atoms with Crippen molar-refractivity contribution in [3.8, 4) is 5.82 Å². The van der Waals surface area contributed by atoms with Crippen molar-refractivity contribution in [1.29, 1.82) is 0 Å². The fraction of sp³-hybridized carbons (Fsp3) is 0.471. The first kappa shape index (κ1) is 15.7. The maximum absolute atomic E-state index is 11.1. The van der Waals surface area contributed by atoms with Crippen LogP contribution in [-0.2, 0) is 11.2 Å².